The SMILES string of the molecule is O=C(CCSc1n[nH]c(N/N=C/c2ccco2)n1)Nc1cccc(N2CCCC2=O)c1. The molecular weight excluding hydrogens is 418 g/mol. The molecule has 0 spiro atoms. The lowest BCUT2D eigenvalue weighted by Gasteiger charge is -2.16. The van der Waals surface area contributed by atoms with Gasteiger partial charge in [-0.25, -0.2) is 10.5 Å². The van der Waals surface area contributed by atoms with E-state index in [1.54, 1.807) is 23.3 Å². The minimum Gasteiger partial charge on any atom is -0.463 e. The Bertz CT molecular complexity index is 1060. The number of hydrogen-bond donors (Lipinski definition) is 3. The number of furan rings is 1. The van der Waals surface area contributed by atoms with Gasteiger partial charge in [0.05, 0.1) is 12.5 Å². The van der Waals surface area contributed by atoms with Gasteiger partial charge in [-0.2, -0.15) is 10.1 Å². The maximum absolute atomic E-state index is 12.3. The fraction of sp³-hybridized carbons (Fsp3) is 0.250. The fourth-order valence-electron chi connectivity index (χ4n) is 3.01. The molecule has 0 radical (unpaired) electrons. The van der Waals surface area contributed by atoms with Crippen molar-refractivity contribution in [2.75, 3.05) is 27.9 Å². The number of thioether (sulfide) groups is 1. The largest absolute Gasteiger partial charge is 0.463 e. The first kappa shape index (κ1) is 20.7. The third-order valence-corrected chi connectivity index (χ3v) is 5.29. The average Bonchev–Trinajstić information content (AvgIpc) is 3.51. The summed E-state index contributed by atoms with van der Waals surface area (Å²) in [6, 6.07) is 10.9. The molecule has 1 aliphatic rings. The summed E-state index contributed by atoms with van der Waals surface area (Å²) in [4.78, 5) is 30.2. The topological polar surface area (TPSA) is 129 Å². The van der Waals surface area contributed by atoms with Crippen molar-refractivity contribution in [3.8, 4) is 0 Å². The number of amides is 2. The monoisotopic (exact) mass is 439 g/mol. The summed E-state index contributed by atoms with van der Waals surface area (Å²) < 4.78 is 5.14. The predicted octanol–water partition coefficient (Wildman–Crippen LogP) is 3.09. The van der Waals surface area contributed by atoms with Gasteiger partial charge in [0.25, 0.3) is 0 Å². The van der Waals surface area contributed by atoms with Gasteiger partial charge in [0.2, 0.25) is 22.9 Å². The average molecular weight is 440 g/mol. The zero-order chi connectivity index (χ0) is 21.5. The number of carbonyl (C=O) groups is 2. The van der Waals surface area contributed by atoms with E-state index >= 15 is 0 Å². The zero-order valence-corrected chi connectivity index (χ0v) is 17.4. The van der Waals surface area contributed by atoms with Gasteiger partial charge in [-0.15, -0.1) is 5.10 Å². The van der Waals surface area contributed by atoms with Crippen molar-refractivity contribution in [3.05, 3.63) is 48.4 Å². The highest BCUT2D eigenvalue weighted by Crippen LogP contribution is 2.24. The molecule has 1 aromatic carbocycles. The Morgan fingerprint density at radius 1 is 1.35 bits per heavy atom. The molecule has 2 aromatic heterocycles. The van der Waals surface area contributed by atoms with Crippen molar-refractivity contribution < 1.29 is 14.0 Å². The number of benzene rings is 1. The maximum Gasteiger partial charge on any atom is 0.240 e. The molecule has 0 bridgehead atoms. The van der Waals surface area contributed by atoms with Crippen LogP contribution in [-0.2, 0) is 9.59 Å². The minimum absolute atomic E-state index is 0.116. The lowest BCUT2D eigenvalue weighted by atomic mass is 10.2. The summed E-state index contributed by atoms with van der Waals surface area (Å²) in [7, 11) is 0. The third-order valence-electron chi connectivity index (χ3n) is 4.45. The molecule has 3 N–H and O–H groups in total. The Morgan fingerprint density at radius 2 is 2.29 bits per heavy atom. The molecule has 3 aromatic rings. The quantitative estimate of drug-likeness (QED) is 0.265. The van der Waals surface area contributed by atoms with Crippen molar-refractivity contribution in [1.82, 2.24) is 15.2 Å². The molecule has 3 heterocycles. The summed E-state index contributed by atoms with van der Waals surface area (Å²) in [5.74, 6) is 1.53. The second kappa shape index (κ2) is 9.94. The number of anilines is 3. The second-order valence-corrected chi connectivity index (χ2v) is 7.76. The number of nitrogens with one attached hydrogen (secondary N) is 3. The summed E-state index contributed by atoms with van der Waals surface area (Å²) >= 11 is 1.36. The summed E-state index contributed by atoms with van der Waals surface area (Å²) in [5, 5.41) is 14.2. The number of nitrogens with zero attached hydrogens (tertiary/aromatic N) is 4. The third kappa shape index (κ3) is 5.72. The molecule has 1 aliphatic heterocycles. The lowest BCUT2D eigenvalue weighted by molar-refractivity contribution is -0.117. The van der Waals surface area contributed by atoms with Crippen LogP contribution in [0.3, 0.4) is 0 Å². The van der Waals surface area contributed by atoms with E-state index in [-0.39, 0.29) is 11.8 Å². The molecule has 1 fully saturated rings. The molecule has 0 saturated carbocycles. The van der Waals surface area contributed by atoms with Crippen LogP contribution >= 0.6 is 11.8 Å². The summed E-state index contributed by atoms with van der Waals surface area (Å²) in [6.45, 7) is 0.717. The molecule has 10 nitrogen and oxygen atoms in total. The van der Waals surface area contributed by atoms with Crippen LogP contribution in [0.4, 0.5) is 17.3 Å². The van der Waals surface area contributed by atoms with Gasteiger partial charge < -0.3 is 14.6 Å². The molecule has 0 unspecified atom stereocenters. The Hall–Kier alpha value is -3.60. The van der Waals surface area contributed by atoms with Crippen LogP contribution in [0.1, 0.15) is 25.0 Å². The molecule has 2 amide bonds. The van der Waals surface area contributed by atoms with Crippen molar-refractivity contribution in [2.45, 2.75) is 24.4 Å². The van der Waals surface area contributed by atoms with E-state index in [0.717, 1.165) is 12.1 Å². The van der Waals surface area contributed by atoms with Crippen LogP contribution in [0, 0.1) is 0 Å². The Balaban J connectivity index is 1.21. The number of carbonyl (C=O) groups excluding carboxylic acids is 2. The van der Waals surface area contributed by atoms with Crippen LogP contribution < -0.4 is 15.6 Å². The van der Waals surface area contributed by atoms with E-state index in [2.05, 4.69) is 31.0 Å². The van der Waals surface area contributed by atoms with E-state index in [1.807, 2.05) is 24.3 Å². The van der Waals surface area contributed by atoms with Crippen LogP contribution in [-0.4, -0.2) is 45.5 Å². The molecule has 31 heavy (non-hydrogen) atoms. The number of hydrazone groups is 1. The molecule has 0 aliphatic carbocycles. The smallest absolute Gasteiger partial charge is 0.240 e. The normalized spacial score (nSPS) is 13.8. The first-order chi connectivity index (χ1) is 15.2. The van der Waals surface area contributed by atoms with E-state index < -0.39 is 0 Å². The van der Waals surface area contributed by atoms with Crippen molar-refractivity contribution in [1.29, 1.82) is 0 Å². The van der Waals surface area contributed by atoms with Gasteiger partial charge in [0.1, 0.15) is 5.76 Å². The number of aromatic nitrogens is 3. The van der Waals surface area contributed by atoms with Crippen molar-refractivity contribution >= 4 is 47.1 Å². The van der Waals surface area contributed by atoms with Crippen LogP contribution in [0.2, 0.25) is 0 Å². The van der Waals surface area contributed by atoms with Gasteiger partial charge >= 0.3 is 0 Å². The van der Waals surface area contributed by atoms with E-state index in [9.17, 15) is 9.59 Å². The summed E-state index contributed by atoms with van der Waals surface area (Å²) in [6.07, 6.45) is 4.82. The molecular formula is C20H21N7O3S. The van der Waals surface area contributed by atoms with E-state index in [4.69, 9.17) is 4.42 Å². The lowest BCUT2D eigenvalue weighted by Crippen LogP contribution is -2.23. The first-order valence-electron chi connectivity index (χ1n) is 9.75. The fourth-order valence-corrected chi connectivity index (χ4v) is 3.75. The van der Waals surface area contributed by atoms with Crippen LogP contribution in [0.25, 0.3) is 0 Å². The summed E-state index contributed by atoms with van der Waals surface area (Å²) in [5.41, 5.74) is 4.21. The van der Waals surface area contributed by atoms with E-state index in [1.165, 1.54) is 18.0 Å². The van der Waals surface area contributed by atoms with Gasteiger partial charge in [-0.1, -0.05) is 17.8 Å². The maximum atomic E-state index is 12.3. The van der Waals surface area contributed by atoms with Gasteiger partial charge in [-0.3, -0.25) is 9.59 Å². The zero-order valence-electron chi connectivity index (χ0n) is 16.6. The molecule has 0 atom stereocenters. The highest BCUT2D eigenvalue weighted by Gasteiger charge is 2.21. The van der Waals surface area contributed by atoms with Gasteiger partial charge in [-0.05, 0) is 36.8 Å². The molecule has 160 valence electrons. The second-order valence-electron chi connectivity index (χ2n) is 6.70. The van der Waals surface area contributed by atoms with Crippen LogP contribution in [0.5, 0.6) is 0 Å². The molecule has 1 saturated heterocycles. The van der Waals surface area contributed by atoms with Gasteiger partial charge in [0.15, 0.2) is 0 Å². The standard InChI is InChI=1S/C20H21N7O3S/c28-17(22-14-4-1-5-15(12-14)27-9-2-7-18(27)29)8-11-31-20-23-19(25-26-20)24-21-13-16-6-3-10-30-16/h1,3-6,10,12-13H,2,7-9,11H2,(H,22,28)(H2,23,24,25,26)/b21-13+. The van der Waals surface area contributed by atoms with Gasteiger partial charge in [0, 0.05) is 36.5 Å². The number of hydrogen-bond acceptors (Lipinski definition) is 8. The first-order valence-corrected chi connectivity index (χ1v) is 10.7. The number of H-pyrrole nitrogens is 1. The Morgan fingerprint density at radius 3 is 3.10 bits per heavy atom. The van der Waals surface area contributed by atoms with Crippen molar-refractivity contribution in [3.63, 3.8) is 0 Å². The predicted molar refractivity (Wildman–Crippen MR) is 118 cm³/mol. The number of rotatable bonds is 9. The van der Waals surface area contributed by atoms with Crippen molar-refractivity contribution in [2.24, 2.45) is 5.10 Å². The van der Waals surface area contributed by atoms with E-state index in [0.29, 0.717) is 47.7 Å². The van der Waals surface area contributed by atoms with Crippen LogP contribution in [0.15, 0.2) is 57.3 Å². The highest BCUT2D eigenvalue weighted by molar-refractivity contribution is 7.99. The minimum atomic E-state index is -0.116. The molecule has 4 rings (SSSR count). The molecule has 11 heteroatoms. The highest BCUT2D eigenvalue weighted by atomic mass is 32.2. The Labute approximate surface area is 182 Å². The number of aromatic amines is 1. The Kier molecular flexibility index (Phi) is 6.62.